The van der Waals surface area contributed by atoms with E-state index in [1.54, 1.807) is 0 Å². The second-order valence-electron chi connectivity index (χ2n) is 4.36. The van der Waals surface area contributed by atoms with Gasteiger partial charge in [0.05, 0.1) is 5.69 Å². The zero-order valence-corrected chi connectivity index (χ0v) is 10.6. The highest BCUT2D eigenvalue weighted by Crippen LogP contribution is 2.26. The third-order valence-electron chi connectivity index (χ3n) is 3.24. The SMILES string of the molecule is Nc1nc2c(c(N3CCSCC3)n1)CCNC2. The number of nitrogens with zero attached hydrogens (tertiary/aromatic N) is 3. The van der Waals surface area contributed by atoms with Gasteiger partial charge in [-0.15, -0.1) is 0 Å². The molecular weight excluding hydrogens is 234 g/mol. The van der Waals surface area contributed by atoms with Crippen LogP contribution >= 0.6 is 11.8 Å². The van der Waals surface area contributed by atoms with E-state index in [4.69, 9.17) is 5.73 Å². The molecule has 0 aromatic carbocycles. The second-order valence-corrected chi connectivity index (χ2v) is 5.58. The van der Waals surface area contributed by atoms with Gasteiger partial charge < -0.3 is 16.0 Å². The number of fused-ring (bicyclic) bond motifs is 1. The van der Waals surface area contributed by atoms with E-state index in [2.05, 4.69) is 20.2 Å². The topological polar surface area (TPSA) is 67.1 Å². The Balaban J connectivity index is 1.98. The van der Waals surface area contributed by atoms with Gasteiger partial charge in [0.15, 0.2) is 0 Å². The Kier molecular flexibility index (Phi) is 3.07. The molecule has 6 heteroatoms. The van der Waals surface area contributed by atoms with Crippen LogP contribution in [-0.2, 0) is 13.0 Å². The monoisotopic (exact) mass is 251 g/mol. The Hall–Kier alpha value is -1.01. The molecule has 17 heavy (non-hydrogen) atoms. The van der Waals surface area contributed by atoms with Gasteiger partial charge in [0.2, 0.25) is 5.95 Å². The fraction of sp³-hybridized carbons (Fsp3) is 0.636. The summed E-state index contributed by atoms with van der Waals surface area (Å²) in [6.07, 6.45) is 1.01. The second kappa shape index (κ2) is 4.70. The van der Waals surface area contributed by atoms with E-state index >= 15 is 0 Å². The van der Waals surface area contributed by atoms with Crippen LogP contribution in [0.15, 0.2) is 0 Å². The van der Waals surface area contributed by atoms with Crippen LogP contribution in [0.1, 0.15) is 11.3 Å². The molecule has 0 unspecified atom stereocenters. The van der Waals surface area contributed by atoms with Gasteiger partial charge in [-0.05, 0) is 13.0 Å². The quantitative estimate of drug-likeness (QED) is 0.746. The summed E-state index contributed by atoms with van der Waals surface area (Å²) in [5.74, 6) is 3.84. The first-order valence-electron chi connectivity index (χ1n) is 6.03. The molecule has 0 atom stereocenters. The number of nitrogens with one attached hydrogen (secondary N) is 1. The minimum Gasteiger partial charge on any atom is -0.368 e. The molecule has 0 amide bonds. The highest BCUT2D eigenvalue weighted by atomic mass is 32.2. The van der Waals surface area contributed by atoms with Gasteiger partial charge in [-0.1, -0.05) is 0 Å². The first-order valence-corrected chi connectivity index (χ1v) is 7.19. The maximum Gasteiger partial charge on any atom is 0.222 e. The predicted octanol–water partition coefficient (Wildman–Crippen LogP) is 0.258. The van der Waals surface area contributed by atoms with Crippen molar-refractivity contribution in [3.8, 4) is 0 Å². The largest absolute Gasteiger partial charge is 0.368 e. The van der Waals surface area contributed by atoms with Crippen molar-refractivity contribution < 1.29 is 0 Å². The van der Waals surface area contributed by atoms with Gasteiger partial charge >= 0.3 is 0 Å². The normalized spacial score (nSPS) is 20.1. The molecular formula is C11H17N5S. The summed E-state index contributed by atoms with van der Waals surface area (Å²) in [6, 6.07) is 0. The zero-order valence-electron chi connectivity index (χ0n) is 9.78. The molecule has 5 nitrogen and oxygen atoms in total. The molecule has 2 aliphatic heterocycles. The fourth-order valence-corrected chi connectivity index (χ4v) is 3.30. The van der Waals surface area contributed by atoms with E-state index in [1.807, 2.05) is 11.8 Å². The van der Waals surface area contributed by atoms with Crippen LogP contribution in [0.2, 0.25) is 0 Å². The number of aromatic nitrogens is 2. The van der Waals surface area contributed by atoms with E-state index in [-0.39, 0.29) is 0 Å². The lowest BCUT2D eigenvalue weighted by atomic mass is 10.1. The highest BCUT2D eigenvalue weighted by Gasteiger charge is 2.22. The van der Waals surface area contributed by atoms with E-state index in [0.29, 0.717) is 5.95 Å². The average molecular weight is 251 g/mol. The fourth-order valence-electron chi connectivity index (χ4n) is 2.40. The Bertz CT molecular complexity index is 417. The maximum absolute atomic E-state index is 5.81. The van der Waals surface area contributed by atoms with Crippen molar-refractivity contribution in [2.45, 2.75) is 13.0 Å². The van der Waals surface area contributed by atoms with Crippen LogP contribution in [0.25, 0.3) is 0 Å². The summed E-state index contributed by atoms with van der Waals surface area (Å²) in [5.41, 5.74) is 8.18. The van der Waals surface area contributed by atoms with Crippen molar-refractivity contribution in [1.29, 1.82) is 0 Å². The Morgan fingerprint density at radius 3 is 2.88 bits per heavy atom. The molecule has 0 spiro atoms. The zero-order chi connectivity index (χ0) is 11.7. The van der Waals surface area contributed by atoms with Crippen molar-refractivity contribution in [1.82, 2.24) is 15.3 Å². The molecule has 0 bridgehead atoms. The van der Waals surface area contributed by atoms with Crippen LogP contribution in [0.4, 0.5) is 11.8 Å². The third kappa shape index (κ3) is 2.19. The lowest BCUT2D eigenvalue weighted by molar-refractivity contribution is 0.621. The molecule has 1 fully saturated rings. The standard InChI is InChI=1S/C11H17N5S/c12-11-14-9-7-13-2-1-8(9)10(15-11)16-3-5-17-6-4-16/h13H,1-7H2,(H2,12,14,15). The van der Waals surface area contributed by atoms with Crippen LogP contribution in [0, 0.1) is 0 Å². The van der Waals surface area contributed by atoms with Crippen LogP contribution in [0.5, 0.6) is 0 Å². The lowest BCUT2D eigenvalue weighted by Crippen LogP contribution is -2.36. The lowest BCUT2D eigenvalue weighted by Gasteiger charge is -2.31. The van der Waals surface area contributed by atoms with E-state index in [0.717, 1.165) is 44.1 Å². The number of thioether (sulfide) groups is 1. The average Bonchev–Trinajstić information content (AvgIpc) is 2.39. The van der Waals surface area contributed by atoms with E-state index in [1.165, 1.54) is 17.1 Å². The van der Waals surface area contributed by atoms with Gasteiger partial charge in [0, 0.05) is 36.7 Å². The molecule has 0 saturated carbocycles. The summed E-state index contributed by atoms with van der Waals surface area (Å²) in [5, 5.41) is 3.33. The first kappa shape index (κ1) is 11.1. The van der Waals surface area contributed by atoms with Gasteiger partial charge in [-0.3, -0.25) is 0 Å². The van der Waals surface area contributed by atoms with Crippen molar-refractivity contribution in [3.05, 3.63) is 11.3 Å². The van der Waals surface area contributed by atoms with Crippen LogP contribution < -0.4 is 16.0 Å². The number of rotatable bonds is 1. The molecule has 1 aromatic rings. The van der Waals surface area contributed by atoms with Gasteiger partial charge in [-0.25, -0.2) is 4.98 Å². The molecule has 3 heterocycles. The predicted molar refractivity (Wildman–Crippen MR) is 71.4 cm³/mol. The summed E-state index contributed by atoms with van der Waals surface area (Å²) in [7, 11) is 0. The Morgan fingerprint density at radius 1 is 1.24 bits per heavy atom. The Labute approximate surface area is 105 Å². The Morgan fingerprint density at radius 2 is 2.06 bits per heavy atom. The van der Waals surface area contributed by atoms with E-state index < -0.39 is 0 Å². The van der Waals surface area contributed by atoms with Crippen LogP contribution in [-0.4, -0.2) is 41.1 Å². The molecule has 92 valence electrons. The van der Waals surface area contributed by atoms with Crippen molar-refractivity contribution in [2.75, 3.05) is 41.8 Å². The van der Waals surface area contributed by atoms with Crippen molar-refractivity contribution in [3.63, 3.8) is 0 Å². The summed E-state index contributed by atoms with van der Waals surface area (Å²) >= 11 is 2.01. The van der Waals surface area contributed by atoms with Gasteiger partial charge in [0.1, 0.15) is 5.82 Å². The molecule has 1 saturated heterocycles. The maximum atomic E-state index is 5.81. The van der Waals surface area contributed by atoms with Crippen molar-refractivity contribution in [2.24, 2.45) is 0 Å². The molecule has 3 N–H and O–H groups in total. The molecule has 1 aromatic heterocycles. The minimum absolute atomic E-state index is 0.403. The van der Waals surface area contributed by atoms with E-state index in [9.17, 15) is 0 Å². The summed E-state index contributed by atoms with van der Waals surface area (Å²) in [4.78, 5) is 11.2. The van der Waals surface area contributed by atoms with Gasteiger partial charge in [0.25, 0.3) is 0 Å². The molecule has 0 aliphatic carbocycles. The number of nitrogens with two attached hydrogens (primary N) is 1. The number of anilines is 2. The smallest absolute Gasteiger partial charge is 0.222 e. The highest BCUT2D eigenvalue weighted by molar-refractivity contribution is 7.99. The summed E-state index contributed by atoms with van der Waals surface area (Å²) < 4.78 is 0. The number of nitrogen functional groups attached to an aromatic ring is 1. The summed E-state index contributed by atoms with van der Waals surface area (Å²) in [6.45, 7) is 3.97. The van der Waals surface area contributed by atoms with Crippen molar-refractivity contribution >= 4 is 23.5 Å². The van der Waals surface area contributed by atoms with Crippen LogP contribution in [0.3, 0.4) is 0 Å². The minimum atomic E-state index is 0.403. The number of hydrogen-bond acceptors (Lipinski definition) is 6. The van der Waals surface area contributed by atoms with Gasteiger partial charge in [-0.2, -0.15) is 16.7 Å². The third-order valence-corrected chi connectivity index (χ3v) is 4.19. The molecule has 0 radical (unpaired) electrons. The molecule has 3 rings (SSSR count). The first-order chi connectivity index (χ1) is 8.34. The molecule has 2 aliphatic rings. The number of hydrogen-bond donors (Lipinski definition) is 2.